The zero-order valence-corrected chi connectivity index (χ0v) is 2.52. The maximum Gasteiger partial charge on any atom is 0.392 e. The molecule has 0 rings (SSSR count). The van der Waals surface area contributed by atoms with E-state index in [1.54, 1.807) is 7.05 Å². The number of rotatable bonds is 1. The van der Waals surface area contributed by atoms with Crippen LogP contribution in [0.5, 0.6) is 0 Å². The van der Waals surface area contributed by atoms with Crippen LogP contribution in [0.2, 0.25) is 0 Å². The van der Waals surface area contributed by atoms with Crippen molar-refractivity contribution in [2.24, 2.45) is 0 Å². The molecule has 0 fully saturated rings. The number of nitrogens with one attached hydrogen (secondary N) is 1. The predicted octanol–water partition coefficient (Wildman–Crippen LogP) is -1.27. The van der Waals surface area contributed by atoms with Crippen molar-refractivity contribution in [3.63, 3.8) is 0 Å². The molecule has 0 aromatic carbocycles. The summed E-state index contributed by atoms with van der Waals surface area (Å²) in [6.07, 6.45) is 0. The van der Waals surface area contributed by atoms with Gasteiger partial charge in [-0.1, -0.05) is 0 Å². The lowest BCUT2D eigenvalue weighted by molar-refractivity contribution is 0.590. The molecule has 3 heteroatoms. The molecule has 0 spiro atoms. The summed E-state index contributed by atoms with van der Waals surface area (Å²) in [5, 5.41) is 10.0. The van der Waals surface area contributed by atoms with E-state index in [-0.39, 0.29) is 0 Å². The monoisotopic (exact) mass is 58.0 g/mol. The second kappa shape index (κ2) is 2.98. The van der Waals surface area contributed by atoms with Crippen molar-refractivity contribution in [1.82, 2.24) is 5.23 Å². The molecule has 23 valence electrons. The highest BCUT2D eigenvalue weighted by Gasteiger charge is 1.62. The summed E-state index contributed by atoms with van der Waals surface area (Å²) in [4.78, 5) is 0. The van der Waals surface area contributed by atoms with Crippen LogP contribution in [0.4, 0.5) is 0 Å². The molecule has 0 aliphatic carbocycles. The standard InChI is InChI=1S/CH5BNO/c1-3-2-4/h3-4H,1H3. The number of hydrogen-bond acceptors (Lipinski definition) is 2. The highest BCUT2D eigenvalue weighted by Crippen LogP contribution is 1.17. The molecule has 0 aromatic rings. The van der Waals surface area contributed by atoms with E-state index in [2.05, 4.69) is 5.23 Å². The van der Waals surface area contributed by atoms with Crippen LogP contribution in [0.3, 0.4) is 0 Å². The Bertz CT molecular complexity index is 10.0. The summed E-state index contributed by atoms with van der Waals surface area (Å²) in [7, 11) is 2.50. The van der Waals surface area contributed by atoms with Crippen LogP contribution in [0.25, 0.3) is 0 Å². The molecule has 0 amide bonds. The van der Waals surface area contributed by atoms with Gasteiger partial charge in [0.25, 0.3) is 0 Å². The van der Waals surface area contributed by atoms with Gasteiger partial charge in [0, 0.05) is 0 Å². The van der Waals surface area contributed by atoms with E-state index in [1.807, 2.05) is 0 Å². The van der Waals surface area contributed by atoms with Crippen LogP contribution in [-0.4, -0.2) is 19.7 Å². The Kier molecular flexibility index (Phi) is 2.97. The molecule has 0 aliphatic rings. The molecule has 4 heavy (non-hydrogen) atoms. The maximum atomic E-state index is 7.64. The molecule has 0 unspecified atom stereocenters. The van der Waals surface area contributed by atoms with Gasteiger partial charge in [-0.2, -0.15) is 0 Å². The van der Waals surface area contributed by atoms with E-state index in [1.165, 1.54) is 0 Å². The van der Waals surface area contributed by atoms with E-state index in [4.69, 9.17) is 5.02 Å². The van der Waals surface area contributed by atoms with Crippen LogP contribution in [0, 0.1) is 0 Å². The Morgan fingerprint density at radius 1 is 2.00 bits per heavy atom. The van der Waals surface area contributed by atoms with Crippen LogP contribution < -0.4 is 5.23 Å². The van der Waals surface area contributed by atoms with Gasteiger partial charge in [0.2, 0.25) is 0 Å². The zero-order valence-electron chi connectivity index (χ0n) is 2.52. The fourth-order valence-corrected chi connectivity index (χ4v) is 0. The molecule has 0 atom stereocenters. The van der Waals surface area contributed by atoms with Crippen molar-refractivity contribution < 1.29 is 5.02 Å². The minimum absolute atomic E-state index is 0.875. The predicted molar refractivity (Wildman–Crippen MR) is 17.0 cm³/mol. The molecule has 0 aliphatic heterocycles. The summed E-state index contributed by atoms with van der Waals surface area (Å²) < 4.78 is 0. The molecule has 0 bridgehead atoms. The molecular weight excluding hydrogens is 52.8 g/mol. The molecule has 2 nitrogen and oxygen atoms in total. The first-order chi connectivity index (χ1) is 1.91. The minimum Gasteiger partial charge on any atom is -0.440 e. The minimum atomic E-state index is 0.875. The third kappa shape index (κ3) is 1.98. The summed E-state index contributed by atoms with van der Waals surface area (Å²) in [5.74, 6) is 0. The molecule has 0 heterocycles. The molecule has 0 saturated carbocycles. The lowest BCUT2D eigenvalue weighted by Gasteiger charge is -1.70. The Balaban J connectivity index is 1.97. The van der Waals surface area contributed by atoms with Gasteiger partial charge in [0.1, 0.15) is 0 Å². The lowest BCUT2D eigenvalue weighted by atomic mass is 10.3. The van der Waals surface area contributed by atoms with E-state index in [0.717, 1.165) is 7.62 Å². The van der Waals surface area contributed by atoms with Crippen LogP contribution in [-0.2, 0) is 0 Å². The Hall–Kier alpha value is -0.0151. The fraction of sp³-hybridized carbons (Fsp3) is 1.00. The highest BCUT2D eigenvalue weighted by atomic mass is 16.2. The number of hydrogen-bond donors (Lipinski definition) is 2. The van der Waals surface area contributed by atoms with E-state index in [9.17, 15) is 0 Å². The Labute approximate surface area is 26.1 Å². The SMILES string of the molecule is CN[B]O. The van der Waals surface area contributed by atoms with Crippen LogP contribution >= 0.6 is 0 Å². The van der Waals surface area contributed by atoms with Crippen molar-refractivity contribution in [3.8, 4) is 0 Å². The van der Waals surface area contributed by atoms with E-state index in [0.29, 0.717) is 0 Å². The zero-order chi connectivity index (χ0) is 3.41. The summed E-state index contributed by atoms with van der Waals surface area (Å²) in [6.45, 7) is 0. The van der Waals surface area contributed by atoms with Gasteiger partial charge >= 0.3 is 7.62 Å². The van der Waals surface area contributed by atoms with Crippen LogP contribution in [0.15, 0.2) is 0 Å². The van der Waals surface area contributed by atoms with E-state index < -0.39 is 0 Å². The Morgan fingerprint density at radius 3 is 2.25 bits per heavy atom. The van der Waals surface area contributed by atoms with Gasteiger partial charge in [-0.15, -0.1) is 0 Å². The molecule has 0 saturated heterocycles. The third-order valence-corrected chi connectivity index (χ3v) is 0.129. The highest BCUT2D eigenvalue weighted by molar-refractivity contribution is 6.21. The smallest absolute Gasteiger partial charge is 0.392 e. The van der Waals surface area contributed by atoms with Crippen molar-refractivity contribution >= 4 is 7.62 Å². The molecule has 1 radical (unpaired) electrons. The van der Waals surface area contributed by atoms with Crippen molar-refractivity contribution in [2.45, 2.75) is 0 Å². The third-order valence-electron chi connectivity index (χ3n) is 0.129. The summed E-state index contributed by atoms with van der Waals surface area (Å²) in [6, 6.07) is 0. The maximum absolute atomic E-state index is 7.64. The second-order valence-corrected chi connectivity index (χ2v) is 0.418. The first kappa shape index (κ1) is 3.98. The van der Waals surface area contributed by atoms with Gasteiger partial charge in [-0.05, 0) is 7.05 Å². The van der Waals surface area contributed by atoms with E-state index >= 15 is 0 Å². The molecular formula is CH5BNO. The first-order valence-electron chi connectivity index (χ1n) is 1.05. The summed E-state index contributed by atoms with van der Waals surface area (Å²) >= 11 is 0. The van der Waals surface area contributed by atoms with Gasteiger partial charge in [-0.25, -0.2) is 0 Å². The van der Waals surface area contributed by atoms with Crippen molar-refractivity contribution in [1.29, 1.82) is 0 Å². The summed E-state index contributed by atoms with van der Waals surface area (Å²) in [5.41, 5.74) is 0. The topological polar surface area (TPSA) is 32.3 Å². The van der Waals surface area contributed by atoms with Gasteiger partial charge in [-0.3, -0.25) is 0 Å². The van der Waals surface area contributed by atoms with Crippen molar-refractivity contribution in [3.05, 3.63) is 0 Å². The quantitative estimate of drug-likeness (QED) is 0.368. The fourth-order valence-electron chi connectivity index (χ4n) is 0. The average molecular weight is 57.9 g/mol. The molecule has 0 aromatic heterocycles. The lowest BCUT2D eigenvalue weighted by Crippen LogP contribution is -2.10. The second-order valence-electron chi connectivity index (χ2n) is 0.418. The van der Waals surface area contributed by atoms with Crippen LogP contribution in [0.1, 0.15) is 0 Å². The average Bonchev–Trinajstić information content (AvgIpc) is 1.37. The first-order valence-corrected chi connectivity index (χ1v) is 1.05. The van der Waals surface area contributed by atoms with Gasteiger partial charge < -0.3 is 10.3 Å². The van der Waals surface area contributed by atoms with Gasteiger partial charge in [0.05, 0.1) is 0 Å². The Morgan fingerprint density at radius 2 is 2.25 bits per heavy atom. The largest absolute Gasteiger partial charge is 0.440 e. The normalized spacial score (nSPS) is 6.50. The van der Waals surface area contributed by atoms with Crippen molar-refractivity contribution in [2.75, 3.05) is 7.05 Å². The van der Waals surface area contributed by atoms with Gasteiger partial charge in [0.15, 0.2) is 0 Å². The molecule has 2 N–H and O–H groups in total.